The molecular formula is C21H18ClNO3. The highest BCUT2D eigenvalue weighted by Gasteiger charge is 2.37. The molecule has 2 aromatic rings. The molecule has 0 atom stereocenters. The van der Waals surface area contributed by atoms with E-state index in [9.17, 15) is 9.59 Å². The molecule has 0 N–H and O–H groups in total. The van der Waals surface area contributed by atoms with Gasteiger partial charge in [0.2, 0.25) is 0 Å². The summed E-state index contributed by atoms with van der Waals surface area (Å²) in [5.74, 6) is -0.835. The first-order valence-corrected chi connectivity index (χ1v) is 8.48. The molecule has 5 heteroatoms. The second kappa shape index (κ2) is 7.18. The highest BCUT2D eigenvalue weighted by atomic mass is 35.5. The molecule has 0 unspecified atom stereocenters. The molecule has 132 valence electrons. The number of aryl methyl sites for hydroxylation is 1. The van der Waals surface area contributed by atoms with Gasteiger partial charge in [0, 0.05) is 16.4 Å². The standard InChI is InChI=1S/C21H18ClNO3/c1-13-7-6-9-16(11-13)23-14(2)19(21(25)26-3)17(20(23)24)12-15-8-4-5-10-18(15)22/h4-12H,1-3H3/b17-12-. The fourth-order valence-corrected chi connectivity index (χ4v) is 3.20. The van der Waals surface area contributed by atoms with E-state index in [1.165, 1.54) is 12.0 Å². The van der Waals surface area contributed by atoms with E-state index in [2.05, 4.69) is 0 Å². The summed E-state index contributed by atoms with van der Waals surface area (Å²) in [6, 6.07) is 14.7. The van der Waals surface area contributed by atoms with E-state index in [-0.39, 0.29) is 17.1 Å². The summed E-state index contributed by atoms with van der Waals surface area (Å²) in [6.45, 7) is 3.69. The third-order valence-corrected chi connectivity index (χ3v) is 4.60. The van der Waals surface area contributed by atoms with Crippen LogP contribution in [0.1, 0.15) is 18.1 Å². The molecule has 1 amide bonds. The van der Waals surface area contributed by atoms with Gasteiger partial charge >= 0.3 is 5.97 Å². The Morgan fingerprint density at radius 3 is 2.50 bits per heavy atom. The number of hydrogen-bond donors (Lipinski definition) is 0. The van der Waals surface area contributed by atoms with Gasteiger partial charge in [-0.25, -0.2) is 4.79 Å². The molecule has 4 nitrogen and oxygen atoms in total. The van der Waals surface area contributed by atoms with Gasteiger partial charge in [-0.15, -0.1) is 0 Å². The molecule has 0 aliphatic carbocycles. The molecular weight excluding hydrogens is 350 g/mol. The summed E-state index contributed by atoms with van der Waals surface area (Å²) in [5, 5.41) is 0.503. The number of halogens is 1. The second-order valence-corrected chi connectivity index (χ2v) is 6.42. The van der Waals surface area contributed by atoms with Gasteiger partial charge in [-0.2, -0.15) is 0 Å². The molecule has 0 fully saturated rings. The lowest BCUT2D eigenvalue weighted by molar-refractivity contribution is -0.136. The Kier molecular flexibility index (Phi) is 4.96. The number of hydrogen-bond acceptors (Lipinski definition) is 3. The summed E-state index contributed by atoms with van der Waals surface area (Å²) >= 11 is 6.22. The Morgan fingerprint density at radius 2 is 1.85 bits per heavy atom. The van der Waals surface area contributed by atoms with Crippen LogP contribution in [0.3, 0.4) is 0 Å². The van der Waals surface area contributed by atoms with E-state index in [4.69, 9.17) is 16.3 Å². The van der Waals surface area contributed by atoms with Crippen molar-refractivity contribution in [3.8, 4) is 0 Å². The summed E-state index contributed by atoms with van der Waals surface area (Å²) in [7, 11) is 1.30. The lowest BCUT2D eigenvalue weighted by atomic mass is 10.0. The average molecular weight is 368 g/mol. The SMILES string of the molecule is COC(=O)C1=C(C)N(c2cccc(C)c2)C(=O)/C1=C\c1ccccc1Cl. The van der Waals surface area contributed by atoms with Crippen LogP contribution in [0.15, 0.2) is 65.4 Å². The number of esters is 1. The first-order valence-electron chi connectivity index (χ1n) is 8.11. The van der Waals surface area contributed by atoms with Gasteiger partial charge in [0.15, 0.2) is 0 Å². The second-order valence-electron chi connectivity index (χ2n) is 6.01. The number of ether oxygens (including phenoxy) is 1. The van der Waals surface area contributed by atoms with Crippen LogP contribution >= 0.6 is 11.6 Å². The number of allylic oxidation sites excluding steroid dienone is 1. The molecule has 3 rings (SSSR count). The summed E-state index contributed by atoms with van der Waals surface area (Å²) in [4.78, 5) is 27.0. The van der Waals surface area contributed by atoms with Crippen LogP contribution < -0.4 is 4.90 Å². The van der Waals surface area contributed by atoms with Gasteiger partial charge in [-0.3, -0.25) is 9.69 Å². The number of carbonyl (C=O) groups excluding carboxylic acids is 2. The third kappa shape index (κ3) is 3.16. The number of rotatable bonds is 3. The topological polar surface area (TPSA) is 46.6 Å². The van der Waals surface area contributed by atoms with E-state index in [1.807, 2.05) is 43.3 Å². The molecule has 0 radical (unpaired) electrons. The van der Waals surface area contributed by atoms with Gasteiger partial charge in [0.05, 0.1) is 18.3 Å². The zero-order valence-electron chi connectivity index (χ0n) is 14.7. The van der Waals surface area contributed by atoms with E-state index in [1.54, 1.807) is 25.1 Å². The Balaban J connectivity index is 2.17. The van der Waals surface area contributed by atoms with E-state index in [0.717, 1.165) is 5.56 Å². The summed E-state index contributed by atoms with van der Waals surface area (Å²) in [6.07, 6.45) is 1.64. The zero-order chi connectivity index (χ0) is 18.8. The first kappa shape index (κ1) is 18.0. The van der Waals surface area contributed by atoms with Crippen molar-refractivity contribution in [2.75, 3.05) is 12.0 Å². The van der Waals surface area contributed by atoms with Crippen LogP contribution in [-0.2, 0) is 14.3 Å². The maximum Gasteiger partial charge on any atom is 0.340 e. The van der Waals surface area contributed by atoms with E-state index < -0.39 is 5.97 Å². The van der Waals surface area contributed by atoms with E-state index in [0.29, 0.717) is 22.0 Å². The van der Waals surface area contributed by atoms with Gasteiger partial charge in [0.25, 0.3) is 5.91 Å². The maximum absolute atomic E-state index is 13.1. The number of anilines is 1. The van der Waals surface area contributed by atoms with Gasteiger partial charge in [-0.1, -0.05) is 41.9 Å². The smallest absolute Gasteiger partial charge is 0.340 e. The van der Waals surface area contributed by atoms with E-state index >= 15 is 0 Å². The molecule has 1 aliphatic rings. The van der Waals surface area contributed by atoms with Crippen LogP contribution in [0.5, 0.6) is 0 Å². The van der Waals surface area contributed by atoms with Crippen molar-refractivity contribution >= 4 is 35.2 Å². The lowest BCUT2D eigenvalue weighted by Crippen LogP contribution is -2.24. The molecule has 0 saturated heterocycles. The van der Waals surface area contributed by atoms with Crippen molar-refractivity contribution in [2.24, 2.45) is 0 Å². The lowest BCUT2D eigenvalue weighted by Gasteiger charge is -2.18. The molecule has 0 saturated carbocycles. The fourth-order valence-electron chi connectivity index (χ4n) is 3.01. The van der Waals surface area contributed by atoms with Gasteiger partial charge < -0.3 is 4.74 Å². The largest absolute Gasteiger partial charge is 0.465 e. The normalized spacial score (nSPS) is 15.8. The molecule has 0 aromatic heterocycles. The molecule has 26 heavy (non-hydrogen) atoms. The highest BCUT2D eigenvalue weighted by Crippen LogP contribution is 2.36. The Morgan fingerprint density at radius 1 is 1.12 bits per heavy atom. The molecule has 2 aromatic carbocycles. The van der Waals surface area contributed by atoms with Crippen LogP contribution in [0.4, 0.5) is 5.69 Å². The zero-order valence-corrected chi connectivity index (χ0v) is 15.5. The minimum Gasteiger partial charge on any atom is -0.465 e. The molecule has 1 aliphatic heterocycles. The first-order chi connectivity index (χ1) is 12.4. The van der Waals surface area contributed by atoms with Crippen molar-refractivity contribution in [3.05, 3.63) is 81.5 Å². The predicted octanol–water partition coefficient (Wildman–Crippen LogP) is 4.53. The maximum atomic E-state index is 13.1. The average Bonchev–Trinajstić information content (AvgIpc) is 2.86. The Labute approximate surface area is 157 Å². The van der Waals surface area contributed by atoms with Crippen molar-refractivity contribution in [1.82, 2.24) is 0 Å². The summed E-state index contributed by atoms with van der Waals surface area (Å²) in [5.41, 5.74) is 3.44. The van der Waals surface area contributed by atoms with Crippen molar-refractivity contribution in [3.63, 3.8) is 0 Å². The number of methoxy groups -OCH3 is 1. The number of benzene rings is 2. The minimum atomic E-state index is -0.552. The molecule has 1 heterocycles. The monoisotopic (exact) mass is 367 g/mol. The van der Waals surface area contributed by atoms with Crippen molar-refractivity contribution < 1.29 is 14.3 Å². The van der Waals surface area contributed by atoms with Crippen molar-refractivity contribution in [1.29, 1.82) is 0 Å². The number of nitrogens with zero attached hydrogens (tertiary/aromatic N) is 1. The van der Waals surface area contributed by atoms with Crippen LogP contribution in [0.25, 0.3) is 6.08 Å². The molecule has 0 bridgehead atoms. The number of amides is 1. The Bertz CT molecular complexity index is 959. The highest BCUT2D eigenvalue weighted by molar-refractivity contribution is 6.32. The fraction of sp³-hybridized carbons (Fsp3) is 0.143. The Hall–Kier alpha value is -2.85. The molecule has 0 spiro atoms. The van der Waals surface area contributed by atoms with Crippen LogP contribution in [0, 0.1) is 6.92 Å². The van der Waals surface area contributed by atoms with Crippen molar-refractivity contribution in [2.45, 2.75) is 13.8 Å². The van der Waals surface area contributed by atoms with Crippen LogP contribution in [-0.4, -0.2) is 19.0 Å². The predicted molar refractivity (Wildman–Crippen MR) is 103 cm³/mol. The quantitative estimate of drug-likeness (QED) is 0.591. The van der Waals surface area contributed by atoms with Gasteiger partial charge in [0.1, 0.15) is 0 Å². The summed E-state index contributed by atoms with van der Waals surface area (Å²) < 4.78 is 4.91. The minimum absolute atomic E-state index is 0.249. The van der Waals surface area contributed by atoms with Gasteiger partial charge in [-0.05, 0) is 49.2 Å². The third-order valence-electron chi connectivity index (χ3n) is 4.25. The van der Waals surface area contributed by atoms with Crippen LogP contribution in [0.2, 0.25) is 5.02 Å². The number of carbonyl (C=O) groups is 2.